The third-order valence-corrected chi connectivity index (χ3v) is 4.75. The quantitative estimate of drug-likeness (QED) is 0.818. The molecule has 5 nitrogen and oxygen atoms in total. The number of morpholine rings is 1. The van der Waals surface area contributed by atoms with E-state index < -0.39 is 17.6 Å². The van der Waals surface area contributed by atoms with Crippen LogP contribution in [0.4, 0.5) is 24.5 Å². The first-order valence-corrected chi connectivity index (χ1v) is 9.33. The molecule has 0 saturated carbocycles. The molecule has 1 fully saturated rings. The van der Waals surface area contributed by atoms with E-state index in [1.165, 1.54) is 6.07 Å². The van der Waals surface area contributed by atoms with Crippen LogP contribution in [0.3, 0.4) is 0 Å². The monoisotopic (exact) mass is 407 g/mol. The zero-order valence-corrected chi connectivity index (χ0v) is 16.4. The minimum atomic E-state index is -4.48. The van der Waals surface area contributed by atoms with Gasteiger partial charge in [-0.3, -0.25) is 9.69 Å². The van der Waals surface area contributed by atoms with Crippen LogP contribution in [0.2, 0.25) is 0 Å². The number of anilines is 2. The fourth-order valence-corrected chi connectivity index (χ4v) is 3.23. The van der Waals surface area contributed by atoms with E-state index in [9.17, 15) is 18.0 Å². The second kappa shape index (κ2) is 8.84. The summed E-state index contributed by atoms with van der Waals surface area (Å²) in [5.74, 6) is -0.448. The van der Waals surface area contributed by atoms with Crippen LogP contribution in [-0.2, 0) is 17.5 Å². The van der Waals surface area contributed by atoms with Crippen LogP contribution < -0.4 is 10.2 Å². The normalized spacial score (nSPS) is 15.2. The number of nitrogens with one attached hydrogen (secondary N) is 1. The Morgan fingerprint density at radius 1 is 1.14 bits per heavy atom. The molecule has 0 spiro atoms. The topological polar surface area (TPSA) is 44.8 Å². The largest absolute Gasteiger partial charge is 0.416 e. The molecule has 0 bridgehead atoms. The van der Waals surface area contributed by atoms with Crippen molar-refractivity contribution in [2.45, 2.75) is 12.7 Å². The van der Waals surface area contributed by atoms with Crippen molar-refractivity contribution in [3.8, 4) is 0 Å². The minimum absolute atomic E-state index is 0.119. The van der Waals surface area contributed by atoms with Gasteiger partial charge in [-0.2, -0.15) is 13.2 Å². The Balaban J connectivity index is 1.80. The molecule has 2 aromatic rings. The molecule has 0 aliphatic carbocycles. The maximum Gasteiger partial charge on any atom is 0.416 e. The van der Waals surface area contributed by atoms with Crippen LogP contribution >= 0.6 is 0 Å². The highest BCUT2D eigenvalue weighted by atomic mass is 19.4. The van der Waals surface area contributed by atoms with Gasteiger partial charge in [-0.15, -0.1) is 0 Å². The molecule has 1 aliphatic rings. The lowest BCUT2D eigenvalue weighted by Crippen LogP contribution is -2.35. The number of ether oxygens (including phenoxy) is 1. The van der Waals surface area contributed by atoms with E-state index in [1.54, 1.807) is 37.2 Å². The van der Waals surface area contributed by atoms with Gasteiger partial charge in [-0.05, 0) is 35.9 Å². The molecule has 1 saturated heterocycles. The number of amides is 1. The Kier molecular flexibility index (Phi) is 6.44. The van der Waals surface area contributed by atoms with E-state index in [4.69, 9.17) is 4.74 Å². The fourth-order valence-electron chi connectivity index (χ4n) is 3.23. The number of carbonyl (C=O) groups is 1. The SMILES string of the molecule is CN(C)c1ccc(C(F)(F)F)cc1NC(=O)c1cccc(CN2CCOCC2)c1. The summed E-state index contributed by atoms with van der Waals surface area (Å²) in [6, 6.07) is 10.5. The van der Waals surface area contributed by atoms with Gasteiger partial charge in [0.15, 0.2) is 0 Å². The second-order valence-corrected chi connectivity index (χ2v) is 7.17. The molecular weight excluding hydrogens is 383 g/mol. The molecular formula is C21H24F3N3O2. The Bertz CT molecular complexity index is 862. The average molecular weight is 407 g/mol. The number of nitrogens with zero attached hydrogens (tertiary/aromatic N) is 2. The third-order valence-electron chi connectivity index (χ3n) is 4.75. The lowest BCUT2D eigenvalue weighted by molar-refractivity contribution is -0.137. The predicted molar refractivity (Wildman–Crippen MR) is 106 cm³/mol. The summed E-state index contributed by atoms with van der Waals surface area (Å²) >= 11 is 0. The number of hydrogen-bond acceptors (Lipinski definition) is 4. The number of benzene rings is 2. The molecule has 1 amide bonds. The van der Waals surface area contributed by atoms with Gasteiger partial charge in [0.05, 0.1) is 30.2 Å². The first kappa shape index (κ1) is 21.1. The van der Waals surface area contributed by atoms with E-state index in [-0.39, 0.29) is 5.69 Å². The van der Waals surface area contributed by atoms with E-state index in [2.05, 4.69) is 10.2 Å². The molecule has 1 aliphatic heterocycles. The van der Waals surface area contributed by atoms with Gasteiger partial charge in [-0.25, -0.2) is 0 Å². The molecule has 29 heavy (non-hydrogen) atoms. The van der Waals surface area contributed by atoms with Crippen molar-refractivity contribution in [3.05, 3.63) is 59.2 Å². The summed E-state index contributed by atoms with van der Waals surface area (Å²) in [7, 11) is 3.42. The van der Waals surface area contributed by atoms with E-state index in [0.717, 1.165) is 30.8 Å². The summed E-state index contributed by atoms with van der Waals surface area (Å²) in [5, 5.41) is 2.64. The number of rotatable bonds is 5. The van der Waals surface area contributed by atoms with E-state index in [0.29, 0.717) is 31.0 Å². The zero-order valence-electron chi connectivity index (χ0n) is 16.4. The molecule has 8 heteroatoms. The lowest BCUT2D eigenvalue weighted by Gasteiger charge is -2.26. The molecule has 1 N–H and O–H groups in total. The summed E-state index contributed by atoms with van der Waals surface area (Å²) in [4.78, 5) is 16.6. The Labute approximate surface area is 168 Å². The van der Waals surface area contributed by atoms with E-state index >= 15 is 0 Å². The molecule has 0 atom stereocenters. The van der Waals surface area contributed by atoms with Gasteiger partial charge in [0, 0.05) is 39.3 Å². The van der Waals surface area contributed by atoms with Crippen LogP contribution in [-0.4, -0.2) is 51.2 Å². The van der Waals surface area contributed by atoms with Gasteiger partial charge in [0.2, 0.25) is 0 Å². The smallest absolute Gasteiger partial charge is 0.379 e. The predicted octanol–water partition coefficient (Wildman–Crippen LogP) is 3.86. The molecule has 156 valence electrons. The molecule has 3 rings (SSSR count). The highest BCUT2D eigenvalue weighted by molar-refractivity contribution is 6.06. The summed E-state index contributed by atoms with van der Waals surface area (Å²) < 4.78 is 44.6. The first-order chi connectivity index (χ1) is 13.7. The molecule has 2 aromatic carbocycles. The van der Waals surface area contributed by atoms with Gasteiger partial charge < -0.3 is 15.0 Å². The van der Waals surface area contributed by atoms with Crippen molar-refractivity contribution >= 4 is 17.3 Å². The van der Waals surface area contributed by atoms with Gasteiger partial charge >= 0.3 is 6.18 Å². The Morgan fingerprint density at radius 3 is 2.52 bits per heavy atom. The third kappa shape index (κ3) is 5.48. The van der Waals surface area contributed by atoms with Crippen LogP contribution in [0.25, 0.3) is 0 Å². The lowest BCUT2D eigenvalue weighted by atomic mass is 10.1. The number of carbonyl (C=O) groups excluding carboxylic acids is 1. The highest BCUT2D eigenvalue weighted by Crippen LogP contribution is 2.35. The van der Waals surface area contributed by atoms with Gasteiger partial charge in [-0.1, -0.05) is 12.1 Å². The van der Waals surface area contributed by atoms with Crippen LogP contribution in [0.5, 0.6) is 0 Å². The average Bonchev–Trinajstić information content (AvgIpc) is 2.68. The molecule has 0 radical (unpaired) electrons. The highest BCUT2D eigenvalue weighted by Gasteiger charge is 2.31. The number of hydrogen-bond donors (Lipinski definition) is 1. The van der Waals surface area contributed by atoms with Crippen LogP contribution in [0.15, 0.2) is 42.5 Å². The van der Waals surface area contributed by atoms with Crippen molar-refractivity contribution in [3.63, 3.8) is 0 Å². The second-order valence-electron chi connectivity index (χ2n) is 7.17. The summed E-state index contributed by atoms with van der Waals surface area (Å²) in [6.45, 7) is 3.71. The molecule has 1 heterocycles. The number of alkyl halides is 3. The first-order valence-electron chi connectivity index (χ1n) is 9.33. The Morgan fingerprint density at radius 2 is 1.86 bits per heavy atom. The van der Waals surface area contributed by atoms with Crippen molar-refractivity contribution in [2.24, 2.45) is 0 Å². The maximum absolute atomic E-state index is 13.1. The molecule has 0 aromatic heterocycles. The van der Waals surface area contributed by atoms with Crippen molar-refractivity contribution in [2.75, 3.05) is 50.6 Å². The van der Waals surface area contributed by atoms with E-state index in [1.807, 2.05) is 6.07 Å². The summed E-state index contributed by atoms with van der Waals surface area (Å²) in [6.07, 6.45) is -4.48. The maximum atomic E-state index is 13.1. The number of halogens is 3. The fraction of sp³-hybridized carbons (Fsp3) is 0.381. The Hall–Kier alpha value is -2.58. The van der Waals surface area contributed by atoms with Gasteiger partial charge in [0.1, 0.15) is 0 Å². The van der Waals surface area contributed by atoms with Gasteiger partial charge in [0.25, 0.3) is 5.91 Å². The van der Waals surface area contributed by atoms with Crippen molar-refractivity contribution in [1.29, 1.82) is 0 Å². The minimum Gasteiger partial charge on any atom is -0.379 e. The van der Waals surface area contributed by atoms with Crippen molar-refractivity contribution in [1.82, 2.24) is 4.90 Å². The zero-order chi connectivity index (χ0) is 21.0. The van der Waals surface area contributed by atoms with Crippen LogP contribution in [0.1, 0.15) is 21.5 Å². The van der Waals surface area contributed by atoms with Crippen LogP contribution in [0, 0.1) is 0 Å². The standard InChI is InChI=1S/C21H24F3N3O2/c1-26(2)19-7-6-17(21(22,23)24)13-18(19)25-20(28)16-5-3-4-15(12-16)14-27-8-10-29-11-9-27/h3-7,12-13H,8-11,14H2,1-2H3,(H,25,28). The van der Waals surface area contributed by atoms with Crippen molar-refractivity contribution < 1.29 is 22.7 Å². The molecule has 0 unspecified atom stereocenters. The summed E-state index contributed by atoms with van der Waals surface area (Å²) in [5.41, 5.74) is 1.18.